The average Bonchev–Trinajstić information content (AvgIpc) is 2.50. The molecule has 0 aliphatic rings. The van der Waals surface area contributed by atoms with Crippen LogP contribution < -0.4 is 5.32 Å². The van der Waals surface area contributed by atoms with Gasteiger partial charge in [0, 0.05) is 22.5 Å². The first kappa shape index (κ1) is 13.9. The van der Waals surface area contributed by atoms with E-state index in [2.05, 4.69) is 5.32 Å². The van der Waals surface area contributed by atoms with Crippen LogP contribution in [0.4, 0.5) is 5.69 Å². The van der Waals surface area contributed by atoms with Crippen LogP contribution in [-0.2, 0) is 0 Å². The monoisotopic (exact) mass is 282 g/mol. The van der Waals surface area contributed by atoms with Gasteiger partial charge in [-0.3, -0.25) is 4.79 Å². The Morgan fingerprint density at radius 2 is 1.75 bits per heavy atom. The van der Waals surface area contributed by atoms with Crippen LogP contribution in [0.3, 0.4) is 0 Å². The topological polar surface area (TPSA) is 52.9 Å². The number of hydrogen-bond acceptors (Lipinski definition) is 3. The lowest BCUT2D eigenvalue weighted by molar-refractivity contribution is 0.103. The van der Waals surface area contributed by atoms with E-state index < -0.39 is 0 Å². The molecule has 20 heavy (non-hydrogen) atoms. The van der Waals surface area contributed by atoms with Crippen molar-refractivity contribution in [2.75, 3.05) is 5.32 Å². The summed E-state index contributed by atoms with van der Waals surface area (Å²) in [5, 5.41) is 12.6. The first-order valence-corrected chi connectivity index (χ1v) is 6.30. The van der Waals surface area contributed by atoms with Crippen molar-refractivity contribution in [2.45, 2.75) is 0 Å². The molecule has 0 atom stereocenters. The van der Waals surface area contributed by atoms with Crippen molar-refractivity contribution in [3.8, 4) is 6.07 Å². The number of nitrogens with zero attached hydrogens (tertiary/aromatic N) is 1. The van der Waals surface area contributed by atoms with E-state index in [1.165, 1.54) is 6.20 Å². The van der Waals surface area contributed by atoms with Crippen LogP contribution in [0, 0.1) is 11.3 Å². The van der Waals surface area contributed by atoms with Gasteiger partial charge < -0.3 is 5.32 Å². The minimum Gasteiger partial charge on any atom is -0.360 e. The highest BCUT2D eigenvalue weighted by Gasteiger charge is 2.10. The number of carbonyl (C=O) groups excluding carboxylic acids is 1. The van der Waals surface area contributed by atoms with Gasteiger partial charge in [0.1, 0.15) is 11.6 Å². The molecule has 0 aliphatic carbocycles. The molecule has 0 radical (unpaired) electrons. The number of halogens is 1. The molecule has 0 amide bonds. The van der Waals surface area contributed by atoms with E-state index >= 15 is 0 Å². The third kappa shape index (κ3) is 3.47. The van der Waals surface area contributed by atoms with E-state index in [4.69, 9.17) is 16.9 Å². The Bertz CT molecular complexity index is 670. The van der Waals surface area contributed by atoms with Gasteiger partial charge in [0.05, 0.1) is 0 Å². The first-order valence-electron chi connectivity index (χ1n) is 5.93. The average molecular weight is 283 g/mol. The van der Waals surface area contributed by atoms with E-state index in [1.54, 1.807) is 48.5 Å². The Hall–Kier alpha value is -2.57. The van der Waals surface area contributed by atoms with Crippen LogP contribution in [-0.4, -0.2) is 5.78 Å². The summed E-state index contributed by atoms with van der Waals surface area (Å²) in [6.07, 6.45) is 1.40. The molecule has 2 rings (SSSR count). The lowest BCUT2D eigenvalue weighted by Gasteiger charge is -2.02. The Morgan fingerprint density at radius 1 is 1.10 bits per heavy atom. The summed E-state index contributed by atoms with van der Waals surface area (Å²) in [4.78, 5) is 12.1. The van der Waals surface area contributed by atoms with E-state index in [9.17, 15) is 4.79 Å². The molecule has 0 bridgehead atoms. The minimum absolute atomic E-state index is 0.0474. The molecule has 0 spiro atoms. The van der Waals surface area contributed by atoms with Gasteiger partial charge in [0.15, 0.2) is 0 Å². The van der Waals surface area contributed by atoms with Gasteiger partial charge in [0.2, 0.25) is 5.78 Å². The van der Waals surface area contributed by atoms with Crippen LogP contribution >= 0.6 is 11.6 Å². The molecule has 0 fully saturated rings. The molecule has 1 N–H and O–H groups in total. The second kappa shape index (κ2) is 6.55. The third-order valence-corrected chi connectivity index (χ3v) is 2.88. The normalized spacial score (nSPS) is 10.7. The molecule has 98 valence electrons. The van der Waals surface area contributed by atoms with Crippen molar-refractivity contribution in [3.05, 3.63) is 77.0 Å². The fourth-order valence-electron chi connectivity index (χ4n) is 1.60. The number of allylic oxidation sites excluding steroid dienone is 1. The molecule has 0 heterocycles. The summed E-state index contributed by atoms with van der Waals surface area (Å²) >= 11 is 5.78. The summed E-state index contributed by atoms with van der Waals surface area (Å²) < 4.78 is 0. The smallest absolute Gasteiger partial charge is 0.205 e. The van der Waals surface area contributed by atoms with Gasteiger partial charge in [-0.2, -0.15) is 5.26 Å². The summed E-state index contributed by atoms with van der Waals surface area (Å²) in [5.41, 5.74) is 1.28. The maximum Gasteiger partial charge on any atom is 0.205 e. The van der Waals surface area contributed by atoms with Crippen molar-refractivity contribution in [1.82, 2.24) is 0 Å². The summed E-state index contributed by atoms with van der Waals surface area (Å²) in [6.45, 7) is 0. The Labute approximate surface area is 122 Å². The number of nitriles is 1. The number of rotatable bonds is 4. The Kier molecular flexibility index (Phi) is 4.54. The molecule has 0 unspecified atom stereocenters. The standard InChI is InChI=1S/C16H11ClN2O/c17-14-6-8-15(9-7-14)19-11-13(10-18)16(20)12-4-2-1-3-5-12/h1-9,11,19H/b13-11+. The van der Waals surface area contributed by atoms with Crippen LogP contribution in [0.15, 0.2) is 66.4 Å². The fourth-order valence-corrected chi connectivity index (χ4v) is 1.72. The number of Topliss-reactive ketones (excluding diaryl/α,β-unsaturated/α-hetero) is 1. The molecular weight excluding hydrogens is 272 g/mol. The SMILES string of the molecule is N#C/C(=C\Nc1ccc(Cl)cc1)C(=O)c1ccccc1. The molecule has 4 heteroatoms. The van der Waals surface area contributed by atoms with Gasteiger partial charge in [-0.15, -0.1) is 0 Å². The van der Waals surface area contributed by atoms with Crippen LogP contribution in [0.1, 0.15) is 10.4 Å². The van der Waals surface area contributed by atoms with Crippen molar-refractivity contribution in [2.24, 2.45) is 0 Å². The van der Waals surface area contributed by atoms with Gasteiger partial charge in [-0.05, 0) is 24.3 Å². The second-order valence-corrected chi connectivity index (χ2v) is 4.45. The zero-order valence-corrected chi connectivity index (χ0v) is 11.3. The molecule has 0 saturated carbocycles. The Morgan fingerprint density at radius 3 is 2.35 bits per heavy atom. The zero-order chi connectivity index (χ0) is 14.4. The van der Waals surface area contributed by atoms with Gasteiger partial charge in [-0.25, -0.2) is 0 Å². The molecule has 2 aromatic carbocycles. The van der Waals surface area contributed by atoms with Gasteiger partial charge in [0.25, 0.3) is 0 Å². The first-order chi connectivity index (χ1) is 9.70. The number of anilines is 1. The summed E-state index contributed by atoms with van der Waals surface area (Å²) in [6, 6.07) is 17.6. The van der Waals surface area contributed by atoms with Crippen LogP contribution in [0.25, 0.3) is 0 Å². The number of carbonyl (C=O) groups is 1. The van der Waals surface area contributed by atoms with E-state index in [0.717, 1.165) is 5.69 Å². The summed E-state index contributed by atoms with van der Waals surface area (Å²) in [5.74, 6) is -0.311. The lowest BCUT2D eigenvalue weighted by Crippen LogP contribution is -2.04. The maximum atomic E-state index is 12.1. The largest absolute Gasteiger partial charge is 0.360 e. The second-order valence-electron chi connectivity index (χ2n) is 4.02. The highest BCUT2D eigenvalue weighted by Crippen LogP contribution is 2.14. The molecule has 2 aromatic rings. The molecular formula is C16H11ClN2O. The Balaban J connectivity index is 2.16. The molecule has 0 aromatic heterocycles. The zero-order valence-electron chi connectivity index (χ0n) is 10.5. The van der Waals surface area contributed by atoms with Crippen molar-refractivity contribution in [1.29, 1.82) is 5.26 Å². The highest BCUT2D eigenvalue weighted by atomic mass is 35.5. The lowest BCUT2D eigenvalue weighted by atomic mass is 10.1. The summed E-state index contributed by atoms with van der Waals surface area (Å²) in [7, 11) is 0. The molecule has 0 aliphatic heterocycles. The van der Waals surface area contributed by atoms with Crippen molar-refractivity contribution in [3.63, 3.8) is 0 Å². The van der Waals surface area contributed by atoms with Crippen molar-refractivity contribution >= 4 is 23.1 Å². The van der Waals surface area contributed by atoms with Gasteiger partial charge in [-0.1, -0.05) is 41.9 Å². The van der Waals surface area contributed by atoms with E-state index in [0.29, 0.717) is 10.6 Å². The van der Waals surface area contributed by atoms with Gasteiger partial charge >= 0.3 is 0 Å². The number of hydrogen-bond donors (Lipinski definition) is 1. The van der Waals surface area contributed by atoms with Crippen molar-refractivity contribution < 1.29 is 4.79 Å². The molecule has 3 nitrogen and oxygen atoms in total. The quantitative estimate of drug-likeness (QED) is 0.523. The number of benzene rings is 2. The third-order valence-electron chi connectivity index (χ3n) is 2.63. The number of ketones is 1. The van der Waals surface area contributed by atoms with Crippen LogP contribution in [0.2, 0.25) is 5.02 Å². The number of nitrogens with one attached hydrogen (secondary N) is 1. The predicted molar refractivity (Wildman–Crippen MR) is 79.5 cm³/mol. The van der Waals surface area contributed by atoms with E-state index in [1.807, 2.05) is 12.1 Å². The maximum absolute atomic E-state index is 12.1. The minimum atomic E-state index is -0.311. The van der Waals surface area contributed by atoms with E-state index in [-0.39, 0.29) is 11.4 Å². The van der Waals surface area contributed by atoms with Crippen LogP contribution in [0.5, 0.6) is 0 Å². The fraction of sp³-hybridized carbons (Fsp3) is 0. The molecule has 0 saturated heterocycles. The highest BCUT2D eigenvalue weighted by molar-refractivity contribution is 6.30. The predicted octanol–water partition coefficient (Wildman–Crippen LogP) is 4.04.